The SMILES string of the molecule is CCNC(=NCC(C)(C)CCS(C)(=O)=O)NC(C)c1cc2cccc(OCC)c2o1.I. The van der Waals surface area contributed by atoms with Crippen LogP contribution in [0.2, 0.25) is 0 Å². The van der Waals surface area contributed by atoms with Gasteiger partial charge in [-0.1, -0.05) is 26.0 Å². The molecule has 0 aliphatic rings. The molecule has 1 atom stereocenters. The van der Waals surface area contributed by atoms with Crippen molar-refractivity contribution in [3.63, 3.8) is 0 Å². The third kappa shape index (κ3) is 8.88. The number of fused-ring (bicyclic) bond motifs is 1. The lowest BCUT2D eigenvalue weighted by molar-refractivity contribution is 0.336. The Bertz CT molecular complexity index is 970. The van der Waals surface area contributed by atoms with Crippen molar-refractivity contribution in [3.8, 4) is 5.75 Å². The van der Waals surface area contributed by atoms with Gasteiger partial charge in [0.25, 0.3) is 0 Å². The minimum atomic E-state index is -2.98. The van der Waals surface area contributed by atoms with Crippen LogP contribution in [-0.2, 0) is 9.84 Å². The number of nitrogens with one attached hydrogen (secondary N) is 2. The van der Waals surface area contributed by atoms with Crippen LogP contribution in [0, 0.1) is 5.41 Å². The Morgan fingerprint density at radius 3 is 2.61 bits per heavy atom. The van der Waals surface area contributed by atoms with Gasteiger partial charge in [-0.15, -0.1) is 24.0 Å². The Hall–Kier alpha value is -1.49. The molecule has 2 rings (SSSR count). The molecule has 1 heterocycles. The molecule has 1 unspecified atom stereocenters. The fourth-order valence-corrected chi connectivity index (χ4v) is 3.89. The first-order valence-corrected chi connectivity index (χ1v) is 12.5. The van der Waals surface area contributed by atoms with E-state index < -0.39 is 9.84 Å². The van der Waals surface area contributed by atoms with Crippen molar-refractivity contribution >= 4 is 50.7 Å². The zero-order valence-electron chi connectivity index (χ0n) is 19.3. The van der Waals surface area contributed by atoms with Crippen molar-refractivity contribution in [2.24, 2.45) is 10.4 Å². The Kier molecular flexibility index (Phi) is 10.6. The van der Waals surface area contributed by atoms with Gasteiger partial charge < -0.3 is 19.8 Å². The summed E-state index contributed by atoms with van der Waals surface area (Å²) in [6.45, 7) is 11.8. The summed E-state index contributed by atoms with van der Waals surface area (Å²) in [5.41, 5.74) is 0.521. The van der Waals surface area contributed by atoms with Gasteiger partial charge in [0.15, 0.2) is 17.3 Å². The average molecular weight is 566 g/mol. The first-order chi connectivity index (χ1) is 14.0. The highest BCUT2D eigenvalue weighted by Gasteiger charge is 2.21. The molecule has 7 nitrogen and oxygen atoms in total. The largest absolute Gasteiger partial charge is 0.490 e. The Morgan fingerprint density at radius 2 is 2.00 bits per heavy atom. The molecule has 0 bridgehead atoms. The number of para-hydroxylation sites is 1. The molecule has 0 radical (unpaired) electrons. The van der Waals surface area contributed by atoms with Crippen molar-refractivity contribution in [2.45, 2.75) is 47.1 Å². The van der Waals surface area contributed by atoms with Crippen LogP contribution in [0.5, 0.6) is 5.75 Å². The van der Waals surface area contributed by atoms with E-state index >= 15 is 0 Å². The van der Waals surface area contributed by atoms with Gasteiger partial charge in [-0.25, -0.2) is 8.42 Å². The highest BCUT2D eigenvalue weighted by molar-refractivity contribution is 14.0. The second kappa shape index (κ2) is 11.9. The molecule has 0 spiro atoms. The number of sulfone groups is 1. The Balaban J connectivity index is 0.00000480. The van der Waals surface area contributed by atoms with Gasteiger partial charge in [-0.3, -0.25) is 4.99 Å². The lowest BCUT2D eigenvalue weighted by Crippen LogP contribution is -2.39. The van der Waals surface area contributed by atoms with Crippen molar-refractivity contribution in [1.29, 1.82) is 0 Å². The Morgan fingerprint density at radius 1 is 1.29 bits per heavy atom. The number of guanidine groups is 1. The van der Waals surface area contributed by atoms with E-state index in [2.05, 4.69) is 15.6 Å². The minimum absolute atomic E-state index is 0. The second-order valence-corrected chi connectivity index (χ2v) is 10.6. The minimum Gasteiger partial charge on any atom is -0.490 e. The molecule has 9 heteroatoms. The number of aliphatic imine (C=N–C) groups is 1. The quantitative estimate of drug-likeness (QED) is 0.250. The molecule has 1 aromatic carbocycles. The van der Waals surface area contributed by atoms with Gasteiger partial charge in [0.2, 0.25) is 0 Å². The lowest BCUT2D eigenvalue weighted by Gasteiger charge is -2.23. The van der Waals surface area contributed by atoms with Crippen LogP contribution in [0.25, 0.3) is 11.0 Å². The van der Waals surface area contributed by atoms with E-state index in [0.29, 0.717) is 25.5 Å². The van der Waals surface area contributed by atoms with Gasteiger partial charge in [-0.2, -0.15) is 0 Å². The smallest absolute Gasteiger partial charge is 0.191 e. The topological polar surface area (TPSA) is 92.9 Å². The summed E-state index contributed by atoms with van der Waals surface area (Å²) in [5, 5.41) is 7.62. The molecule has 176 valence electrons. The summed E-state index contributed by atoms with van der Waals surface area (Å²) in [6.07, 6.45) is 1.83. The van der Waals surface area contributed by atoms with E-state index in [1.807, 2.05) is 58.9 Å². The fraction of sp³-hybridized carbons (Fsp3) is 0.591. The number of rotatable bonds is 10. The number of furan rings is 1. The van der Waals surface area contributed by atoms with Crippen LogP contribution in [-0.4, -0.2) is 46.1 Å². The molecule has 0 aliphatic carbocycles. The van der Waals surface area contributed by atoms with Crippen molar-refractivity contribution in [2.75, 3.05) is 31.7 Å². The van der Waals surface area contributed by atoms with Crippen molar-refractivity contribution < 1.29 is 17.6 Å². The normalized spacial score (nSPS) is 13.5. The van der Waals surface area contributed by atoms with E-state index in [4.69, 9.17) is 9.15 Å². The van der Waals surface area contributed by atoms with Gasteiger partial charge in [0.1, 0.15) is 15.6 Å². The van der Waals surface area contributed by atoms with E-state index in [1.54, 1.807) is 0 Å². The molecule has 0 saturated heterocycles. The molecule has 0 aliphatic heterocycles. The third-order valence-corrected chi connectivity index (χ3v) is 5.71. The first kappa shape index (κ1) is 27.5. The molecular weight excluding hydrogens is 529 g/mol. The summed E-state index contributed by atoms with van der Waals surface area (Å²) >= 11 is 0. The zero-order chi connectivity index (χ0) is 22.4. The third-order valence-electron chi connectivity index (χ3n) is 4.77. The number of hydrogen-bond donors (Lipinski definition) is 2. The van der Waals surface area contributed by atoms with Gasteiger partial charge in [-0.05, 0) is 44.7 Å². The second-order valence-electron chi connectivity index (χ2n) is 8.36. The van der Waals surface area contributed by atoms with E-state index in [1.165, 1.54) is 6.26 Å². The lowest BCUT2D eigenvalue weighted by atomic mass is 9.90. The molecule has 2 aromatic rings. The summed E-state index contributed by atoms with van der Waals surface area (Å²) in [5.74, 6) is 2.36. The summed E-state index contributed by atoms with van der Waals surface area (Å²) < 4.78 is 34.7. The molecular formula is C22H36IN3O4S. The van der Waals surface area contributed by atoms with Crippen molar-refractivity contribution in [1.82, 2.24) is 10.6 Å². The summed E-state index contributed by atoms with van der Waals surface area (Å²) in [6, 6.07) is 7.76. The standard InChI is InChI=1S/C22H35N3O4S.HI/c1-7-23-21(24-15-22(4,5)12-13-30(6,26)27)25-16(3)19-14-17-10-9-11-18(28-8-2)20(17)29-19;/h9-11,14,16H,7-8,12-13,15H2,1-6H3,(H2,23,24,25);1H. The summed E-state index contributed by atoms with van der Waals surface area (Å²) in [4.78, 5) is 4.69. The number of benzene rings is 1. The highest BCUT2D eigenvalue weighted by atomic mass is 127. The summed E-state index contributed by atoms with van der Waals surface area (Å²) in [7, 11) is -2.98. The molecule has 0 saturated carbocycles. The molecule has 1 aromatic heterocycles. The number of nitrogens with zero attached hydrogens (tertiary/aromatic N) is 1. The van der Waals surface area contributed by atoms with E-state index in [-0.39, 0.29) is 41.2 Å². The maximum absolute atomic E-state index is 11.5. The van der Waals surface area contributed by atoms with Crippen LogP contribution < -0.4 is 15.4 Å². The van der Waals surface area contributed by atoms with Crippen LogP contribution in [0.15, 0.2) is 33.7 Å². The van der Waals surface area contributed by atoms with Crippen LogP contribution >= 0.6 is 24.0 Å². The maximum Gasteiger partial charge on any atom is 0.191 e. The predicted octanol–water partition coefficient (Wildman–Crippen LogP) is 4.53. The molecule has 0 amide bonds. The first-order valence-electron chi connectivity index (χ1n) is 10.4. The number of hydrogen-bond acceptors (Lipinski definition) is 5. The molecule has 2 N–H and O–H groups in total. The van der Waals surface area contributed by atoms with E-state index in [9.17, 15) is 8.42 Å². The zero-order valence-corrected chi connectivity index (χ0v) is 22.5. The van der Waals surface area contributed by atoms with E-state index in [0.717, 1.165) is 29.0 Å². The predicted molar refractivity (Wildman–Crippen MR) is 138 cm³/mol. The van der Waals surface area contributed by atoms with Crippen LogP contribution in [0.3, 0.4) is 0 Å². The van der Waals surface area contributed by atoms with Gasteiger partial charge in [0, 0.05) is 24.7 Å². The van der Waals surface area contributed by atoms with Crippen LogP contribution in [0.1, 0.15) is 52.8 Å². The Labute approximate surface area is 203 Å². The van der Waals surface area contributed by atoms with Gasteiger partial charge >= 0.3 is 0 Å². The monoisotopic (exact) mass is 565 g/mol. The number of ether oxygens (including phenoxy) is 1. The highest BCUT2D eigenvalue weighted by Crippen LogP contribution is 2.31. The van der Waals surface area contributed by atoms with Gasteiger partial charge in [0.05, 0.1) is 18.4 Å². The molecule has 0 fully saturated rings. The fourth-order valence-electron chi connectivity index (χ4n) is 2.97. The molecule has 31 heavy (non-hydrogen) atoms. The van der Waals surface area contributed by atoms with Crippen LogP contribution in [0.4, 0.5) is 0 Å². The maximum atomic E-state index is 11.5. The average Bonchev–Trinajstić information content (AvgIpc) is 3.10. The van der Waals surface area contributed by atoms with Crippen molar-refractivity contribution in [3.05, 3.63) is 30.0 Å². The number of halogens is 1.